The van der Waals surface area contributed by atoms with Gasteiger partial charge in [0.25, 0.3) is 0 Å². The highest BCUT2D eigenvalue weighted by atomic mass is 32.2. The lowest BCUT2D eigenvalue weighted by Crippen LogP contribution is -2.45. The zero-order chi connectivity index (χ0) is 19.1. The summed E-state index contributed by atoms with van der Waals surface area (Å²) in [6, 6.07) is 0. The standard InChI is InChI=1S/C15H29F3N4O2S/c1-4-6-9-21(3)14(19-5-2)20-12-13-7-10-22(11-8-13)25(23,24)15(16,17)18/h13H,4-12H2,1-3H3,(H,19,20). The van der Waals surface area contributed by atoms with Crippen LogP contribution in [0.2, 0.25) is 0 Å². The largest absolute Gasteiger partial charge is 0.511 e. The van der Waals surface area contributed by atoms with Crippen LogP contribution in [0.5, 0.6) is 0 Å². The van der Waals surface area contributed by atoms with E-state index in [4.69, 9.17) is 0 Å². The summed E-state index contributed by atoms with van der Waals surface area (Å²) in [5.41, 5.74) is -5.22. The third-order valence-corrected chi connectivity index (χ3v) is 5.88. The molecule has 0 aliphatic carbocycles. The molecule has 1 saturated heterocycles. The molecule has 1 aliphatic heterocycles. The number of hydrogen-bond donors (Lipinski definition) is 1. The number of guanidine groups is 1. The molecule has 0 unspecified atom stereocenters. The van der Waals surface area contributed by atoms with Gasteiger partial charge in [0.15, 0.2) is 5.96 Å². The average Bonchev–Trinajstić information content (AvgIpc) is 2.55. The first-order chi connectivity index (χ1) is 11.6. The number of hydrogen-bond acceptors (Lipinski definition) is 3. The van der Waals surface area contributed by atoms with Gasteiger partial charge in [-0.1, -0.05) is 13.3 Å². The molecule has 0 saturated carbocycles. The summed E-state index contributed by atoms with van der Waals surface area (Å²) in [5, 5.41) is 3.20. The maximum absolute atomic E-state index is 12.6. The van der Waals surface area contributed by atoms with Gasteiger partial charge in [0.1, 0.15) is 0 Å². The summed E-state index contributed by atoms with van der Waals surface area (Å²) in [5.74, 6) is 0.870. The molecule has 10 heteroatoms. The van der Waals surface area contributed by atoms with E-state index in [1.807, 2.05) is 18.9 Å². The van der Waals surface area contributed by atoms with E-state index in [-0.39, 0.29) is 19.0 Å². The van der Waals surface area contributed by atoms with Crippen molar-refractivity contribution in [2.24, 2.45) is 10.9 Å². The number of nitrogens with one attached hydrogen (secondary N) is 1. The van der Waals surface area contributed by atoms with Crippen molar-refractivity contribution in [3.05, 3.63) is 0 Å². The maximum atomic E-state index is 12.6. The summed E-state index contributed by atoms with van der Waals surface area (Å²) < 4.78 is 61.1. The molecule has 0 radical (unpaired) electrons. The smallest absolute Gasteiger partial charge is 0.357 e. The Morgan fingerprint density at radius 1 is 1.28 bits per heavy atom. The number of nitrogens with zero attached hydrogens (tertiary/aromatic N) is 3. The van der Waals surface area contributed by atoms with Crippen molar-refractivity contribution >= 4 is 16.0 Å². The highest BCUT2D eigenvalue weighted by Crippen LogP contribution is 2.30. The van der Waals surface area contributed by atoms with E-state index in [0.717, 1.165) is 31.9 Å². The van der Waals surface area contributed by atoms with E-state index >= 15 is 0 Å². The predicted molar refractivity (Wildman–Crippen MR) is 92.8 cm³/mol. The Kier molecular flexibility index (Phi) is 8.46. The fourth-order valence-electron chi connectivity index (χ4n) is 2.67. The van der Waals surface area contributed by atoms with Gasteiger partial charge in [0.2, 0.25) is 0 Å². The normalized spacial score (nSPS) is 18.4. The van der Waals surface area contributed by atoms with E-state index in [9.17, 15) is 21.6 Å². The molecule has 1 rings (SSSR count). The van der Waals surface area contributed by atoms with Crippen LogP contribution in [0.4, 0.5) is 13.2 Å². The minimum Gasteiger partial charge on any atom is -0.357 e. The Morgan fingerprint density at radius 2 is 1.88 bits per heavy atom. The second kappa shape index (κ2) is 9.61. The van der Waals surface area contributed by atoms with Crippen LogP contribution >= 0.6 is 0 Å². The van der Waals surface area contributed by atoms with Gasteiger partial charge in [-0.2, -0.15) is 17.5 Å². The number of sulfonamides is 1. The minimum atomic E-state index is -5.22. The van der Waals surface area contributed by atoms with Gasteiger partial charge in [-0.3, -0.25) is 4.99 Å². The zero-order valence-electron chi connectivity index (χ0n) is 15.1. The topological polar surface area (TPSA) is 65.0 Å². The number of unbranched alkanes of at least 4 members (excludes halogenated alkanes) is 1. The van der Waals surface area contributed by atoms with Crippen LogP contribution in [-0.2, 0) is 10.0 Å². The molecule has 0 atom stereocenters. The van der Waals surface area contributed by atoms with Crippen molar-refractivity contribution < 1.29 is 21.6 Å². The van der Waals surface area contributed by atoms with Crippen molar-refractivity contribution in [3.63, 3.8) is 0 Å². The molecule has 0 aromatic carbocycles. The van der Waals surface area contributed by atoms with Gasteiger partial charge in [-0.15, -0.1) is 0 Å². The number of rotatable bonds is 7. The SMILES string of the molecule is CCCCN(C)C(=NCC1CCN(S(=O)(=O)C(F)(F)F)CC1)NCC. The van der Waals surface area contributed by atoms with Crippen molar-refractivity contribution in [1.29, 1.82) is 0 Å². The van der Waals surface area contributed by atoms with Gasteiger partial charge in [0.05, 0.1) is 0 Å². The van der Waals surface area contributed by atoms with Gasteiger partial charge < -0.3 is 10.2 Å². The summed E-state index contributed by atoms with van der Waals surface area (Å²) in [4.78, 5) is 6.61. The molecule has 1 N–H and O–H groups in total. The second-order valence-electron chi connectivity index (χ2n) is 6.26. The molecule has 0 aromatic rings. The maximum Gasteiger partial charge on any atom is 0.511 e. The molecule has 1 fully saturated rings. The Labute approximate surface area is 148 Å². The number of aliphatic imine (C=N–C) groups is 1. The summed E-state index contributed by atoms with van der Waals surface area (Å²) in [6.45, 7) is 5.97. The van der Waals surface area contributed by atoms with E-state index in [2.05, 4.69) is 17.2 Å². The first-order valence-electron chi connectivity index (χ1n) is 8.69. The van der Waals surface area contributed by atoms with Crippen LogP contribution in [-0.4, -0.2) is 68.9 Å². The number of alkyl halides is 3. The zero-order valence-corrected chi connectivity index (χ0v) is 16.0. The van der Waals surface area contributed by atoms with Gasteiger partial charge in [0, 0.05) is 39.8 Å². The third-order valence-electron chi connectivity index (χ3n) is 4.25. The van der Waals surface area contributed by atoms with Crippen LogP contribution in [0, 0.1) is 5.92 Å². The third kappa shape index (κ3) is 6.32. The van der Waals surface area contributed by atoms with Crippen molar-refractivity contribution in [2.75, 3.05) is 39.8 Å². The van der Waals surface area contributed by atoms with Gasteiger partial charge in [-0.25, -0.2) is 8.42 Å². The fraction of sp³-hybridized carbons (Fsp3) is 0.933. The molecular formula is C15H29F3N4O2S. The molecule has 0 spiro atoms. The van der Waals surface area contributed by atoms with E-state index < -0.39 is 15.5 Å². The molecule has 25 heavy (non-hydrogen) atoms. The van der Waals surface area contributed by atoms with Gasteiger partial charge >= 0.3 is 15.5 Å². The van der Waals surface area contributed by atoms with Crippen LogP contribution in [0.3, 0.4) is 0 Å². The Morgan fingerprint density at radius 3 is 2.36 bits per heavy atom. The molecule has 6 nitrogen and oxygen atoms in total. The Balaban J connectivity index is 2.59. The lowest BCUT2D eigenvalue weighted by Gasteiger charge is -2.31. The number of piperidine rings is 1. The quantitative estimate of drug-likeness (QED) is 0.538. The van der Waals surface area contributed by atoms with Gasteiger partial charge in [-0.05, 0) is 32.1 Å². The highest BCUT2D eigenvalue weighted by Gasteiger charge is 2.50. The average molecular weight is 386 g/mol. The predicted octanol–water partition coefficient (Wildman–Crippen LogP) is 2.25. The molecule has 148 valence electrons. The van der Waals surface area contributed by atoms with E-state index in [0.29, 0.717) is 23.7 Å². The molecule has 1 heterocycles. The van der Waals surface area contributed by atoms with E-state index in [1.165, 1.54) is 0 Å². The van der Waals surface area contributed by atoms with Crippen LogP contribution in [0.1, 0.15) is 39.5 Å². The molecule has 0 bridgehead atoms. The van der Waals surface area contributed by atoms with Crippen LogP contribution in [0.15, 0.2) is 4.99 Å². The van der Waals surface area contributed by atoms with E-state index in [1.54, 1.807) is 0 Å². The number of halogens is 3. The first-order valence-corrected chi connectivity index (χ1v) is 10.1. The van der Waals surface area contributed by atoms with Crippen molar-refractivity contribution in [2.45, 2.75) is 45.0 Å². The van der Waals surface area contributed by atoms with Crippen LogP contribution in [0.25, 0.3) is 0 Å². The molecular weight excluding hydrogens is 357 g/mol. The fourth-order valence-corrected chi connectivity index (χ4v) is 3.65. The summed E-state index contributed by atoms with van der Waals surface area (Å²) in [7, 11) is -3.26. The monoisotopic (exact) mass is 386 g/mol. The highest BCUT2D eigenvalue weighted by molar-refractivity contribution is 7.90. The lowest BCUT2D eigenvalue weighted by atomic mass is 9.98. The Hall–Kier alpha value is -1.03. The van der Waals surface area contributed by atoms with Crippen molar-refractivity contribution in [1.82, 2.24) is 14.5 Å². The first kappa shape index (κ1) is 22.0. The van der Waals surface area contributed by atoms with Crippen molar-refractivity contribution in [3.8, 4) is 0 Å². The lowest BCUT2D eigenvalue weighted by molar-refractivity contribution is -0.0496. The van der Waals surface area contributed by atoms with Crippen LogP contribution < -0.4 is 5.32 Å². The summed E-state index contributed by atoms with van der Waals surface area (Å²) >= 11 is 0. The Bertz CT molecular complexity index is 529. The summed E-state index contributed by atoms with van der Waals surface area (Å²) in [6.07, 6.45) is 2.90. The molecule has 1 aliphatic rings. The minimum absolute atomic E-state index is 0.0907. The molecule has 0 aromatic heterocycles. The second-order valence-corrected chi connectivity index (χ2v) is 8.19. The molecule has 0 amide bonds.